The first-order chi connectivity index (χ1) is 14.5. The molecule has 7 rings (SSSR count). The van der Waals surface area contributed by atoms with Gasteiger partial charge in [0.05, 0.1) is 5.56 Å². The highest BCUT2D eigenvalue weighted by atomic mass is 16.4. The molecule has 0 atom stereocenters. The molecule has 4 saturated carbocycles. The first-order valence-corrected chi connectivity index (χ1v) is 11.1. The smallest absolute Gasteiger partial charge is 0.336 e. The summed E-state index contributed by atoms with van der Waals surface area (Å²) in [4.78, 5) is 11.7. The van der Waals surface area contributed by atoms with Gasteiger partial charge in [-0.25, -0.2) is 4.79 Å². The Morgan fingerprint density at radius 2 is 1.47 bits per heavy atom. The van der Waals surface area contributed by atoms with Gasteiger partial charge in [-0.3, -0.25) is 0 Å². The molecule has 152 valence electrons. The van der Waals surface area contributed by atoms with Gasteiger partial charge in [-0.2, -0.15) is 0 Å². The number of rotatable bonds is 3. The minimum absolute atomic E-state index is 0.117. The van der Waals surface area contributed by atoms with Crippen LogP contribution in [-0.2, 0) is 5.41 Å². The number of fused-ring (bicyclic) bond motifs is 1. The Bertz CT molecular complexity index is 1140. The lowest BCUT2D eigenvalue weighted by atomic mass is 9.48. The zero-order valence-electron chi connectivity index (χ0n) is 17.0. The van der Waals surface area contributed by atoms with E-state index < -0.39 is 5.97 Å². The van der Waals surface area contributed by atoms with Crippen LogP contribution in [0.1, 0.15) is 54.4 Å². The van der Waals surface area contributed by atoms with Gasteiger partial charge in [0.15, 0.2) is 0 Å². The molecule has 3 aromatic rings. The van der Waals surface area contributed by atoms with Crippen LogP contribution in [0.5, 0.6) is 5.75 Å². The van der Waals surface area contributed by atoms with Gasteiger partial charge in [0.1, 0.15) is 5.75 Å². The van der Waals surface area contributed by atoms with Crippen LogP contribution in [0.15, 0.2) is 54.6 Å². The van der Waals surface area contributed by atoms with E-state index in [9.17, 15) is 15.0 Å². The average molecular weight is 399 g/mol. The van der Waals surface area contributed by atoms with Crippen LogP contribution >= 0.6 is 0 Å². The molecule has 0 saturated heterocycles. The number of carbonyl (C=O) groups is 1. The van der Waals surface area contributed by atoms with Crippen LogP contribution in [0, 0.1) is 17.8 Å². The Balaban J connectivity index is 1.50. The fraction of sp³-hybridized carbons (Fsp3) is 0.370. The lowest BCUT2D eigenvalue weighted by Crippen LogP contribution is -2.48. The van der Waals surface area contributed by atoms with Gasteiger partial charge in [0, 0.05) is 5.56 Å². The number of benzene rings is 3. The minimum atomic E-state index is -0.905. The Labute approximate surface area is 176 Å². The molecule has 4 bridgehead atoms. The van der Waals surface area contributed by atoms with E-state index in [0.29, 0.717) is 11.3 Å². The van der Waals surface area contributed by atoms with Crippen molar-refractivity contribution in [1.29, 1.82) is 0 Å². The van der Waals surface area contributed by atoms with Gasteiger partial charge in [0.2, 0.25) is 0 Å². The van der Waals surface area contributed by atoms with Crippen LogP contribution in [0.2, 0.25) is 0 Å². The van der Waals surface area contributed by atoms with Gasteiger partial charge < -0.3 is 10.2 Å². The highest BCUT2D eigenvalue weighted by Crippen LogP contribution is 2.62. The molecule has 4 aliphatic rings. The molecule has 30 heavy (non-hydrogen) atoms. The number of hydrogen-bond acceptors (Lipinski definition) is 2. The SMILES string of the molecule is O=C(O)c1cccc2c(-c3ccc(O)c(C45CC6CC(CC(C6)C4)C5)c3)cccc12. The number of carboxylic acid groups (broad SMARTS) is 1. The summed E-state index contributed by atoms with van der Waals surface area (Å²) in [6.45, 7) is 0. The first-order valence-electron chi connectivity index (χ1n) is 11.1. The molecule has 3 heteroatoms. The molecule has 3 aromatic carbocycles. The van der Waals surface area contributed by atoms with E-state index >= 15 is 0 Å². The van der Waals surface area contributed by atoms with E-state index in [4.69, 9.17) is 0 Å². The lowest BCUT2D eigenvalue weighted by Gasteiger charge is -2.57. The Kier molecular flexibility index (Phi) is 3.80. The molecule has 0 spiro atoms. The van der Waals surface area contributed by atoms with E-state index in [0.717, 1.165) is 45.2 Å². The number of phenols is 1. The molecule has 0 radical (unpaired) electrons. The summed E-state index contributed by atoms with van der Waals surface area (Å²) in [7, 11) is 0. The van der Waals surface area contributed by atoms with Crippen molar-refractivity contribution < 1.29 is 15.0 Å². The second-order valence-electron chi connectivity index (χ2n) is 9.94. The van der Waals surface area contributed by atoms with E-state index in [2.05, 4.69) is 12.1 Å². The van der Waals surface area contributed by atoms with E-state index in [1.165, 1.54) is 38.5 Å². The molecule has 0 heterocycles. The summed E-state index contributed by atoms with van der Waals surface area (Å²) in [5.41, 5.74) is 3.65. The third kappa shape index (κ3) is 2.61. The second-order valence-corrected chi connectivity index (χ2v) is 9.94. The largest absolute Gasteiger partial charge is 0.508 e. The van der Waals surface area contributed by atoms with Gasteiger partial charge in [-0.05, 0) is 102 Å². The number of phenolic OH excluding ortho intramolecular Hbond substituents is 1. The summed E-state index contributed by atoms with van der Waals surface area (Å²) < 4.78 is 0. The van der Waals surface area contributed by atoms with Crippen LogP contribution in [0.3, 0.4) is 0 Å². The fourth-order valence-electron chi connectivity index (χ4n) is 7.32. The quantitative estimate of drug-likeness (QED) is 0.538. The van der Waals surface area contributed by atoms with Crippen molar-refractivity contribution in [2.45, 2.75) is 43.9 Å². The Hall–Kier alpha value is -2.81. The van der Waals surface area contributed by atoms with Crippen molar-refractivity contribution in [2.24, 2.45) is 17.8 Å². The van der Waals surface area contributed by atoms with E-state index in [1.807, 2.05) is 36.4 Å². The Morgan fingerprint density at radius 3 is 2.13 bits per heavy atom. The molecule has 4 aliphatic carbocycles. The number of aromatic carboxylic acids is 1. The summed E-state index contributed by atoms with van der Waals surface area (Å²) in [5, 5.41) is 22.2. The lowest BCUT2D eigenvalue weighted by molar-refractivity contribution is -0.00611. The second kappa shape index (κ2) is 6.34. The summed E-state index contributed by atoms with van der Waals surface area (Å²) in [6.07, 6.45) is 7.74. The van der Waals surface area contributed by atoms with Crippen LogP contribution < -0.4 is 0 Å². The summed E-state index contributed by atoms with van der Waals surface area (Å²) in [5.74, 6) is 1.96. The molecule has 3 nitrogen and oxygen atoms in total. The van der Waals surface area contributed by atoms with E-state index in [-0.39, 0.29) is 5.41 Å². The maximum atomic E-state index is 11.7. The number of carboxylic acids is 1. The Morgan fingerprint density at radius 1 is 0.833 bits per heavy atom. The highest BCUT2D eigenvalue weighted by Gasteiger charge is 2.52. The molecular weight excluding hydrogens is 372 g/mol. The molecule has 0 unspecified atom stereocenters. The molecule has 4 fully saturated rings. The van der Waals surface area contributed by atoms with Crippen molar-refractivity contribution in [1.82, 2.24) is 0 Å². The van der Waals surface area contributed by atoms with Gasteiger partial charge in [0.25, 0.3) is 0 Å². The molecular formula is C27H26O3. The average Bonchev–Trinajstić information content (AvgIpc) is 2.72. The molecule has 0 aromatic heterocycles. The third-order valence-electron chi connectivity index (χ3n) is 8.07. The predicted molar refractivity (Wildman–Crippen MR) is 118 cm³/mol. The number of aromatic hydroxyl groups is 1. The van der Waals surface area contributed by atoms with Crippen molar-refractivity contribution in [3.63, 3.8) is 0 Å². The summed E-state index contributed by atoms with van der Waals surface area (Å²) in [6, 6.07) is 17.4. The van der Waals surface area contributed by atoms with Crippen molar-refractivity contribution >= 4 is 16.7 Å². The number of hydrogen-bond donors (Lipinski definition) is 2. The van der Waals surface area contributed by atoms with E-state index in [1.54, 1.807) is 6.07 Å². The van der Waals surface area contributed by atoms with Gasteiger partial charge in [-0.1, -0.05) is 36.4 Å². The molecule has 0 aliphatic heterocycles. The van der Waals surface area contributed by atoms with Gasteiger partial charge in [-0.15, -0.1) is 0 Å². The van der Waals surface area contributed by atoms with Crippen LogP contribution in [0.4, 0.5) is 0 Å². The fourth-order valence-corrected chi connectivity index (χ4v) is 7.32. The van der Waals surface area contributed by atoms with Gasteiger partial charge >= 0.3 is 5.97 Å². The maximum Gasteiger partial charge on any atom is 0.336 e. The molecule has 2 N–H and O–H groups in total. The standard InChI is InChI=1S/C27H26O3/c28-25-8-7-19(20-3-1-5-22-21(20)4-2-6-23(22)26(29)30)12-24(25)27-13-16-9-17(14-27)11-18(10-16)15-27/h1-8,12,16-18,28H,9-11,13-15H2,(H,29,30). The summed E-state index contributed by atoms with van der Waals surface area (Å²) >= 11 is 0. The van der Waals surface area contributed by atoms with Crippen molar-refractivity contribution in [3.8, 4) is 16.9 Å². The van der Waals surface area contributed by atoms with Crippen LogP contribution in [-0.4, -0.2) is 16.2 Å². The zero-order chi connectivity index (χ0) is 20.5. The monoisotopic (exact) mass is 398 g/mol. The van der Waals surface area contributed by atoms with Crippen LogP contribution in [0.25, 0.3) is 21.9 Å². The van der Waals surface area contributed by atoms with Crippen molar-refractivity contribution in [3.05, 3.63) is 65.7 Å². The topological polar surface area (TPSA) is 57.5 Å². The zero-order valence-corrected chi connectivity index (χ0v) is 17.0. The maximum absolute atomic E-state index is 11.7. The third-order valence-corrected chi connectivity index (χ3v) is 8.07. The first kappa shape index (κ1) is 18.0. The van der Waals surface area contributed by atoms with Crippen molar-refractivity contribution in [2.75, 3.05) is 0 Å². The predicted octanol–water partition coefficient (Wildman–Crippen LogP) is 6.38. The minimum Gasteiger partial charge on any atom is -0.508 e. The highest BCUT2D eigenvalue weighted by molar-refractivity contribution is 6.08. The molecule has 0 amide bonds. The normalized spacial score (nSPS) is 29.4.